The molecule has 0 unspecified atom stereocenters. The van der Waals surface area contributed by atoms with E-state index < -0.39 is 0 Å². The molecule has 0 saturated heterocycles. The van der Waals surface area contributed by atoms with Gasteiger partial charge < -0.3 is 4.90 Å². The fourth-order valence-electron chi connectivity index (χ4n) is 0.383. The summed E-state index contributed by atoms with van der Waals surface area (Å²) in [7, 11) is 0. The van der Waals surface area contributed by atoms with Gasteiger partial charge in [-0.2, -0.15) is 0 Å². The van der Waals surface area contributed by atoms with Crippen molar-refractivity contribution >= 4 is 0 Å². The van der Waals surface area contributed by atoms with Gasteiger partial charge in [-0.25, -0.2) is 0 Å². The fraction of sp³-hybridized carbons (Fsp3) is 0.600. The number of rotatable bonds is 1. The van der Waals surface area contributed by atoms with E-state index in [1.54, 1.807) is 0 Å². The minimum atomic E-state index is 0.685. The molecule has 0 N–H and O–H groups in total. The van der Waals surface area contributed by atoms with Crippen molar-refractivity contribution in [3.05, 3.63) is 12.4 Å². The Kier molecular flexibility index (Phi) is 0.621. The van der Waals surface area contributed by atoms with Crippen LogP contribution in [-0.4, -0.2) is 10.9 Å². The highest BCUT2D eigenvalue weighted by Gasteiger charge is 2.07. The van der Waals surface area contributed by atoms with E-state index in [1.807, 2.05) is 0 Å². The van der Waals surface area contributed by atoms with Gasteiger partial charge in [0, 0.05) is 18.4 Å². The van der Waals surface area contributed by atoms with E-state index in [0.29, 0.717) is 6.04 Å². The van der Waals surface area contributed by atoms with Gasteiger partial charge in [-0.1, -0.05) is 0 Å². The van der Waals surface area contributed by atoms with Gasteiger partial charge in [0.1, 0.15) is 0 Å². The first-order valence-electron chi connectivity index (χ1n) is 2.26. The van der Waals surface area contributed by atoms with Gasteiger partial charge in [-0.05, 0) is 13.8 Å². The zero-order valence-electron chi connectivity index (χ0n) is 4.18. The smallest absolute Gasteiger partial charge is 0.0275 e. The zero-order chi connectivity index (χ0) is 4.57. The van der Waals surface area contributed by atoms with Crippen molar-refractivity contribution < 1.29 is 0 Å². The van der Waals surface area contributed by atoms with Crippen LogP contribution in [0.15, 0.2) is 12.4 Å². The van der Waals surface area contributed by atoms with E-state index in [4.69, 9.17) is 0 Å². The number of nitrogens with zero attached hydrogens (tertiary/aromatic N) is 1. The second kappa shape index (κ2) is 1.00. The molecular weight excluding hydrogens is 74.1 g/mol. The van der Waals surface area contributed by atoms with Crippen LogP contribution in [-0.2, 0) is 0 Å². The second-order valence-electron chi connectivity index (χ2n) is 1.84. The summed E-state index contributed by atoms with van der Waals surface area (Å²) < 4.78 is 0. The van der Waals surface area contributed by atoms with E-state index in [0.717, 1.165) is 0 Å². The molecule has 0 aromatic rings. The van der Waals surface area contributed by atoms with Gasteiger partial charge in [-0.15, -0.1) is 0 Å². The molecule has 0 spiro atoms. The Morgan fingerprint density at radius 1 is 1.33 bits per heavy atom. The molecular formula is C5H9N. The fourth-order valence-corrected chi connectivity index (χ4v) is 0.383. The molecule has 34 valence electrons. The summed E-state index contributed by atoms with van der Waals surface area (Å²) in [6, 6.07) is 0.685. The lowest BCUT2D eigenvalue weighted by Crippen LogP contribution is -2.06. The maximum absolute atomic E-state index is 2.17. The monoisotopic (exact) mass is 83.1 g/mol. The van der Waals surface area contributed by atoms with Gasteiger partial charge in [0.25, 0.3) is 0 Å². The van der Waals surface area contributed by atoms with E-state index in [1.165, 1.54) is 0 Å². The first-order valence-corrected chi connectivity index (χ1v) is 2.26. The first kappa shape index (κ1) is 3.72. The standard InChI is InChI=1S/C5H9N/c1-5(2)6-3-4-6/h3-5H,1-2H3. The van der Waals surface area contributed by atoms with Crippen LogP contribution in [0.2, 0.25) is 0 Å². The average Bonchev–Trinajstić information content (AvgIpc) is 2.06. The summed E-state index contributed by atoms with van der Waals surface area (Å²) in [6.07, 6.45) is 4.15. The van der Waals surface area contributed by atoms with Crippen molar-refractivity contribution in [2.24, 2.45) is 0 Å². The molecule has 0 bridgehead atoms. The summed E-state index contributed by atoms with van der Waals surface area (Å²) >= 11 is 0. The molecule has 0 radical (unpaired) electrons. The molecule has 0 fully saturated rings. The predicted octanol–water partition coefficient (Wildman–Crippen LogP) is 1.18. The van der Waals surface area contributed by atoms with Crippen LogP contribution in [0.5, 0.6) is 0 Å². The van der Waals surface area contributed by atoms with Crippen LogP contribution in [0.3, 0.4) is 0 Å². The van der Waals surface area contributed by atoms with Crippen LogP contribution in [0.4, 0.5) is 0 Å². The van der Waals surface area contributed by atoms with Gasteiger partial charge in [0.2, 0.25) is 0 Å². The maximum Gasteiger partial charge on any atom is 0.0275 e. The van der Waals surface area contributed by atoms with Crippen molar-refractivity contribution in [3.8, 4) is 0 Å². The van der Waals surface area contributed by atoms with Gasteiger partial charge in [0.05, 0.1) is 0 Å². The minimum absolute atomic E-state index is 0.685. The lowest BCUT2D eigenvalue weighted by atomic mass is 10.4. The molecule has 1 heteroatoms. The lowest BCUT2D eigenvalue weighted by Gasteiger charge is -2.03. The Morgan fingerprint density at radius 2 is 1.83 bits per heavy atom. The molecule has 1 aliphatic rings. The molecule has 1 rings (SSSR count). The predicted molar refractivity (Wildman–Crippen MR) is 26.1 cm³/mol. The Morgan fingerprint density at radius 3 is 1.83 bits per heavy atom. The average molecular weight is 83.1 g/mol. The van der Waals surface area contributed by atoms with Crippen molar-refractivity contribution in [1.29, 1.82) is 0 Å². The molecule has 0 aromatic heterocycles. The van der Waals surface area contributed by atoms with E-state index in [9.17, 15) is 0 Å². The molecule has 1 aliphatic heterocycles. The highest BCUT2D eigenvalue weighted by molar-refractivity contribution is 5.02. The highest BCUT2D eigenvalue weighted by atomic mass is 15.2. The molecule has 0 aromatic carbocycles. The second-order valence-corrected chi connectivity index (χ2v) is 1.84. The maximum atomic E-state index is 2.17. The normalized spacial score (nSPS) is 16.8. The Bertz CT molecular complexity index is 68.0. The Labute approximate surface area is 38.3 Å². The van der Waals surface area contributed by atoms with Crippen molar-refractivity contribution in [2.75, 3.05) is 0 Å². The van der Waals surface area contributed by atoms with Crippen molar-refractivity contribution in [1.82, 2.24) is 4.90 Å². The molecule has 1 nitrogen and oxygen atoms in total. The Hall–Kier alpha value is -0.460. The van der Waals surface area contributed by atoms with Crippen LogP contribution in [0.1, 0.15) is 13.8 Å². The summed E-state index contributed by atoms with van der Waals surface area (Å²) in [5.41, 5.74) is 0. The van der Waals surface area contributed by atoms with Gasteiger partial charge in [-0.3, -0.25) is 0 Å². The summed E-state index contributed by atoms with van der Waals surface area (Å²) in [6.45, 7) is 4.33. The van der Waals surface area contributed by atoms with Crippen LogP contribution in [0.25, 0.3) is 0 Å². The quantitative estimate of drug-likeness (QED) is 0.460. The van der Waals surface area contributed by atoms with E-state index in [2.05, 4.69) is 31.1 Å². The van der Waals surface area contributed by atoms with Crippen LogP contribution >= 0.6 is 0 Å². The summed E-state index contributed by atoms with van der Waals surface area (Å²) in [4.78, 5) is 2.17. The SMILES string of the molecule is CC(C)N1C=C1. The first-order chi connectivity index (χ1) is 2.80. The lowest BCUT2D eigenvalue weighted by molar-refractivity contribution is 0.496. The largest absolute Gasteiger partial charge is 0.349 e. The third-order valence-corrected chi connectivity index (χ3v) is 0.917. The zero-order valence-corrected chi connectivity index (χ0v) is 4.18. The molecule has 6 heavy (non-hydrogen) atoms. The minimum Gasteiger partial charge on any atom is -0.349 e. The molecule has 1 heterocycles. The van der Waals surface area contributed by atoms with Gasteiger partial charge >= 0.3 is 0 Å². The molecule has 0 aliphatic carbocycles. The highest BCUT2D eigenvalue weighted by Crippen LogP contribution is 2.10. The summed E-state index contributed by atoms with van der Waals surface area (Å²) in [5.74, 6) is 0. The molecule has 0 amide bonds. The topological polar surface area (TPSA) is 3.01 Å². The van der Waals surface area contributed by atoms with Gasteiger partial charge in [0.15, 0.2) is 0 Å². The van der Waals surface area contributed by atoms with E-state index >= 15 is 0 Å². The van der Waals surface area contributed by atoms with Crippen LogP contribution in [0, 0.1) is 0 Å². The van der Waals surface area contributed by atoms with Crippen molar-refractivity contribution in [3.63, 3.8) is 0 Å². The molecule has 0 atom stereocenters. The Balaban J connectivity index is 2.16. The number of hydrogen-bond acceptors (Lipinski definition) is 1. The third-order valence-electron chi connectivity index (χ3n) is 0.917. The van der Waals surface area contributed by atoms with Crippen molar-refractivity contribution in [2.45, 2.75) is 19.9 Å². The summed E-state index contributed by atoms with van der Waals surface area (Å²) in [5, 5.41) is 0. The number of hydrogen-bond donors (Lipinski definition) is 0. The third kappa shape index (κ3) is 0.534. The van der Waals surface area contributed by atoms with E-state index in [-0.39, 0.29) is 0 Å². The van der Waals surface area contributed by atoms with Crippen LogP contribution < -0.4 is 0 Å². The molecule has 0 saturated carbocycles.